The van der Waals surface area contributed by atoms with E-state index in [1.165, 1.54) is 38.7 Å². The molecule has 0 aliphatic heterocycles. The zero-order chi connectivity index (χ0) is 24.2. The van der Waals surface area contributed by atoms with Gasteiger partial charge >= 0.3 is 5.63 Å². The molecule has 0 aliphatic carbocycles. The Morgan fingerprint density at radius 1 is 1.18 bits per heavy atom. The van der Waals surface area contributed by atoms with Crippen LogP contribution >= 0.6 is 11.3 Å². The number of nitrogens with one attached hydrogen (secondary N) is 1. The molecule has 4 aromatic rings. The van der Waals surface area contributed by atoms with Crippen molar-refractivity contribution in [2.24, 2.45) is 0 Å². The van der Waals surface area contributed by atoms with Gasteiger partial charge in [0, 0.05) is 28.6 Å². The number of allylic oxidation sites excluding steroid dienone is 1. The topological polar surface area (TPSA) is 114 Å². The summed E-state index contributed by atoms with van der Waals surface area (Å²) < 4.78 is 16.0. The molecule has 0 amide bonds. The van der Waals surface area contributed by atoms with Gasteiger partial charge in [-0.05, 0) is 25.1 Å². The summed E-state index contributed by atoms with van der Waals surface area (Å²) in [5.74, 6) is 0.665. The van der Waals surface area contributed by atoms with Crippen molar-refractivity contribution in [3.8, 4) is 28.8 Å². The molecule has 0 spiro atoms. The number of Topliss-reactive ketones (excluding diaryl/α,β-unsaturated/α-hetero) is 1. The minimum Gasteiger partial charge on any atom is -0.493 e. The van der Waals surface area contributed by atoms with E-state index in [2.05, 4.69) is 16.4 Å². The largest absolute Gasteiger partial charge is 0.493 e. The Labute approximate surface area is 198 Å². The number of rotatable bonds is 7. The van der Waals surface area contributed by atoms with E-state index >= 15 is 0 Å². The number of ether oxygens (including phenoxy) is 2. The van der Waals surface area contributed by atoms with Crippen LogP contribution in [0.2, 0.25) is 0 Å². The first-order chi connectivity index (χ1) is 16.4. The van der Waals surface area contributed by atoms with E-state index < -0.39 is 5.63 Å². The number of thiazole rings is 1. The number of carbonyl (C=O) groups is 1. The summed E-state index contributed by atoms with van der Waals surface area (Å²) in [4.78, 5) is 29.1. The zero-order valence-corrected chi connectivity index (χ0v) is 19.4. The Bertz CT molecular complexity index is 1530. The van der Waals surface area contributed by atoms with E-state index in [1.807, 2.05) is 12.1 Å². The van der Waals surface area contributed by atoms with Gasteiger partial charge in [-0.3, -0.25) is 4.79 Å². The normalized spacial score (nSPS) is 11.2. The van der Waals surface area contributed by atoms with Gasteiger partial charge in [-0.25, -0.2) is 9.78 Å². The van der Waals surface area contributed by atoms with Gasteiger partial charge in [0.05, 0.1) is 31.2 Å². The van der Waals surface area contributed by atoms with Crippen LogP contribution in [-0.2, 0) is 0 Å². The van der Waals surface area contributed by atoms with Crippen molar-refractivity contribution >= 4 is 39.3 Å². The Morgan fingerprint density at radius 2 is 1.91 bits per heavy atom. The molecular weight excluding hydrogens is 454 g/mol. The third-order valence-corrected chi connectivity index (χ3v) is 5.92. The molecule has 0 radical (unpaired) electrons. The molecule has 9 heteroatoms. The van der Waals surface area contributed by atoms with Gasteiger partial charge in [0.2, 0.25) is 0 Å². The van der Waals surface area contributed by atoms with E-state index in [-0.39, 0.29) is 11.4 Å². The summed E-state index contributed by atoms with van der Waals surface area (Å²) in [5, 5.41) is 15.6. The number of para-hydroxylation sites is 1. The summed E-state index contributed by atoms with van der Waals surface area (Å²) >= 11 is 1.22. The number of benzene rings is 2. The van der Waals surface area contributed by atoms with Crippen molar-refractivity contribution in [2.45, 2.75) is 6.92 Å². The molecule has 170 valence electrons. The smallest absolute Gasteiger partial charge is 0.345 e. The number of nitriles is 1. The molecule has 0 saturated carbocycles. The SMILES string of the molecule is COc1cc(NC=C(C#N)c2nc(-c3cc4ccccc4oc3=O)cs2)c(C(C)=O)cc1OC. The van der Waals surface area contributed by atoms with Crippen molar-refractivity contribution in [3.05, 3.63) is 75.0 Å². The molecule has 4 rings (SSSR count). The molecule has 0 atom stereocenters. The van der Waals surface area contributed by atoms with Gasteiger partial charge in [-0.1, -0.05) is 18.2 Å². The highest BCUT2D eigenvalue weighted by atomic mass is 32.1. The van der Waals surface area contributed by atoms with Gasteiger partial charge in [0.1, 0.15) is 22.2 Å². The first kappa shape index (κ1) is 22.8. The third-order valence-electron chi connectivity index (χ3n) is 5.05. The fraction of sp³-hybridized carbons (Fsp3) is 0.120. The number of ketones is 1. The minimum absolute atomic E-state index is 0.185. The van der Waals surface area contributed by atoms with Gasteiger partial charge in [0.25, 0.3) is 0 Å². The quantitative estimate of drug-likeness (QED) is 0.224. The lowest BCUT2D eigenvalue weighted by molar-refractivity contribution is 0.101. The molecule has 2 heterocycles. The van der Waals surface area contributed by atoms with Crippen molar-refractivity contribution < 1.29 is 18.7 Å². The molecular formula is C25H19N3O5S. The summed E-state index contributed by atoms with van der Waals surface area (Å²) in [5.41, 5.74) is 1.76. The van der Waals surface area contributed by atoms with Crippen LogP contribution in [0.15, 0.2) is 63.3 Å². The predicted octanol–water partition coefficient (Wildman–Crippen LogP) is 5.11. The average Bonchev–Trinajstić information content (AvgIpc) is 3.33. The first-order valence-corrected chi connectivity index (χ1v) is 11.0. The fourth-order valence-electron chi connectivity index (χ4n) is 3.34. The van der Waals surface area contributed by atoms with Crippen molar-refractivity contribution in [3.63, 3.8) is 0 Å². The third kappa shape index (κ3) is 4.40. The Morgan fingerprint density at radius 3 is 2.62 bits per heavy atom. The number of fused-ring (bicyclic) bond motifs is 1. The number of hydrogen-bond donors (Lipinski definition) is 1. The summed E-state index contributed by atoms with van der Waals surface area (Å²) in [6.45, 7) is 1.43. The second-order valence-corrected chi connectivity index (χ2v) is 8.00. The number of anilines is 1. The van der Waals surface area contributed by atoms with Gasteiger partial charge < -0.3 is 19.2 Å². The monoisotopic (exact) mass is 473 g/mol. The number of carbonyl (C=O) groups excluding carboxylic acids is 1. The molecule has 0 saturated heterocycles. The Balaban J connectivity index is 1.68. The van der Waals surface area contributed by atoms with Gasteiger partial charge in [0.15, 0.2) is 17.3 Å². The van der Waals surface area contributed by atoms with Crippen molar-refractivity contribution in [2.75, 3.05) is 19.5 Å². The van der Waals surface area contributed by atoms with Crippen LogP contribution in [0.5, 0.6) is 11.5 Å². The Kier molecular flexibility index (Phi) is 6.43. The van der Waals surface area contributed by atoms with Crippen LogP contribution in [0.25, 0.3) is 27.8 Å². The van der Waals surface area contributed by atoms with Crippen LogP contribution in [0.1, 0.15) is 22.3 Å². The maximum absolute atomic E-state index is 12.5. The van der Waals surface area contributed by atoms with Crippen LogP contribution in [0.3, 0.4) is 0 Å². The van der Waals surface area contributed by atoms with Crippen molar-refractivity contribution in [1.82, 2.24) is 4.98 Å². The van der Waals surface area contributed by atoms with E-state index in [9.17, 15) is 14.9 Å². The van der Waals surface area contributed by atoms with Crippen LogP contribution in [0.4, 0.5) is 5.69 Å². The van der Waals surface area contributed by atoms with E-state index in [4.69, 9.17) is 13.9 Å². The van der Waals surface area contributed by atoms with Crippen LogP contribution in [0, 0.1) is 11.3 Å². The maximum atomic E-state index is 12.5. The zero-order valence-electron chi connectivity index (χ0n) is 18.5. The summed E-state index contributed by atoms with van der Waals surface area (Å²) in [6.07, 6.45) is 1.46. The van der Waals surface area contributed by atoms with Crippen LogP contribution < -0.4 is 20.4 Å². The minimum atomic E-state index is -0.507. The summed E-state index contributed by atoms with van der Waals surface area (Å²) in [7, 11) is 2.98. The molecule has 34 heavy (non-hydrogen) atoms. The molecule has 0 aliphatic rings. The maximum Gasteiger partial charge on any atom is 0.345 e. The second-order valence-electron chi connectivity index (χ2n) is 7.15. The lowest BCUT2D eigenvalue weighted by Gasteiger charge is -2.13. The van der Waals surface area contributed by atoms with Gasteiger partial charge in [-0.2, -0.15) is 5.26 Å². The highest BCUT2D eigenvalue weighted by Crippen LogP contribution is 2.34. The molecule has 0 bridgehead atoms. The number of hydrogen-bond acceptors (Lipinski definition) is 9. The van der Waals surface area contributed by atoms with Crippen LogP contribution in [-0.4, -0.2) is 25.0 Å². The summed E-state index contributed by atoms with van der Waals surface area (Å²) in [6, 6.07) is 14.2. The highest BCUT2D eigenvalue weighted by molar-refractivity contribution is 7.11. The first-order valence-electron chi connectivity index (χ1n) is 10.1. The highest BCUT2D eigenvalue weighted by Gasteiger charge is 2.16. The number of aromatic nitrogens is 1. The Hall–Kier alpha value is -4.42. The van der Waals surface area contributed by atoms with E-state index in [0.29, 0.717) is 44.6 Å². The second kappa shape index (κ2) is 9.60. The van der Waals surface area contributed by atoms with Gasteiger partial charge in [-0.15, -0.1) is 11.3 Å². The number of nitrogens with zero attached hydrogens (tertiary/aromatic N) is 2. The van der Waals surface area contributed by atoms with E-state index in [0.717, 1.165) is 5.39 Å². The molecule has 1 N–H and O–H groups in total. The molecule has 8 nitrogen and oxygen atoms in total. The lowest BCUT2D eigenvalue weighted by atomic mass is 10.1. The van der Waals surface area contributed by atoms with Crippen molar-refractivity contribution in [1.29, 1.82) is 5.26 Å². The molecule has 2 aromatic heterocycles. The standard InChI is InChI=1S/C25H19N3O5S/c1-14(29)17-9-22(31-2)23(32-3)10-19(17)27-12-16(11-26)24-28-20(13-34-24)18-8-15-6-4-5-7-21(15)33-25(18)30/h4-10,12-13,27H,1-3H3. The lowest BCUT2D eigenvalue weighted by Crippen LogP contribution is -2.03. The molecule has 2 aromatic carbocycles. The molecule has 0 unspecified atom stereocenters. The number of methoxy groups -OCH3 is 2. The molecule has 0 fully saturated rings. The predicted molar refractivity (Wildman–Crippen MR) is 130 cm³/mol. The van der Waals surface area contributed by atoms with E-state index in [1.54, 1.807) is 35.7 Å². The fourth-order valence-corrected chi connectivity index (χ4v) is 4.13. The average molecular weight is 474 g/mol.